The van der Waals surface area contributed by atoms with E-state index in [0.717, 1.165) is 0 Å². The Labute approximate surface area is 185 Å². The number of hydrogen-bond donors (Lipinski definition) is 0. The second-order valence-electron chi connectivity index (χ2n) is 7.99. The summed E-state index contributed by atoms with van der Waals surface area (Å²) in [6, 6.07) is 9.89. The van der Waals surface area contributed by atoms with Gasteiger partial charge in [0.1, 0.15) is 23.4 Å². The second kappa shape index (κ2) is 9.33. The number of anilines is 2. The summed E-state index contributed by atoms with van der Waals surface area (Å²) in [4.78, 5) is 45.0. The van der Waals surface area contributed by atoms with Crippen molar-refractivity contribution in [2.45, 2.75) is 25.9 Å². The van der Waals surface area contributed by atoms with E-state index in [2.05, 4.69) is 4.98 Å². The smallest absolute Gasteiger partial charge is 0.414 e. The molecule has 9 heteroatoms. The Hall–Kier alpha value is -3.49. The molecule has 0 aliphatic carbocycles. The van der Waals surface area contributed by atoms with Crippen molar-refractivity contribution < 1.29 is 23.5 Å². The number of hydrogen-bond acceptors (Lipinski definition) is 6. The zero-order valence-electron chi connectivity index (χ0n) is 17.9. The maximum atomic E-state index is 14.9. The molecule has 0 N–H and O–H groups in total. The summed E-state index contributed by atoms with van der Waals surface area (Å²) in [7, 11) is 0. The Morgan fingerprint density at radius 1 is 1.16 bits per heavy atom. The highest BCUT2D eigenvalue weighted by Gasteiger charge is 2.33. The van der Waals surface area contributed by atoms with Crippen LogP contribution >= 0.6 is 0 Å². The molecule has 0 spiro atoms. The summed E-state index contributed by atoms with van der Waals surface area (Å²) in [5.74, 6) is -0.531. The van der Waals surface area contributed by atoms with Gasteiger partial charge in [-0.1, -0.05) is 6.07 Å². The Bertz CT molecular complexity index is 1010. The molecule has 0 unspecified atom stereocenters. The highest BCUT2D eigenvalue weighted by molar-refractivity contribution is 5.92. The Morgan fingerprint density at radius 3 is 2.59 bits per heavy atom. The molecule has 1 aromatic carbocycles. The van der Waals surface area contributed by atoms with Gasteiger partial charge in [-0.25, -0.2) is 9.18 Å². The molecular weight excluding hydrogens is 415 g/mol. The molecule has 0 radical (unpaired) electrons. The van der Waals surface area contributed by atoms with Crippen molar-refractivity contribution in [3.8, 4) is 0 Å². The minimum absolute atomic E-state index is 0.0386. The number of cyclic esters (lactones) is 1. The number of Topliss-reactive ketones (excluding diaryl/α,β-unsaturated/α-hetero) is 1. The van der Waals surface area contributed by atoms with Gasteiger partial charge >= 0.3 is 6.09 Å². The van der Waals surface area contributed by atoms with Gasteiger partial charge < -0.3 is 19.3 Å². The lowest BCUT2D eigenvalue weighted by Crippen LogP contribution is -2.49. The van der Waals surface area contributed by atoms with Gasteiger partial charge in [0.2, 0.25) is 0 Å². The number of benzene rings is 1. The molecule has 8 nitrogen and oxygen atoms in total. The molecule has 4 rings (SSSR count). The summed E-state index contributed by atoms with van der Waals surface area (Å²) in [5.41, 5.74) is 1.25. The number of amides is 2. The van der Waals surface area contributed by atoms with E-state index in [1.54, 1.807) is 41.4 Å². The SMILES string of the molecule is CC(=O)CC[C@H]1CN(c2ccc(N3CCN(C(=O)c4ccccn4)CC3)c(F)c2)C(=O)O1. The lowest BCUT2D eigenvalue weighted by Gasteiger charge is -2.36. The number of piperazine rings is 1. The third kappa shape index (κ3) is 4.71. The van der Waals surface area contributed by atoms with E-state index >= 15 is 0 Å². The monoisotopic (exact) mass is 440 g/mol. The third-order valence-corrected chi connectivity index (χ3v) is 5.73. The van der Waals surface area contributed by atoms with Crippen molar-refractivity contribution in [2.24, 2.45) is 0 Å². The first-order valence-electron chi connectivity index (χ1n) is 10.6. The zero-order valence-corrected chi connectivity index (χ0v) is 17.9. The van der Waals surface area contributed by atoms with Crippen molar-refractivity contribution in [1.82, 2.24) is 9.88 Å². The molecule has 2 fully saturated rings. The van der Waals surface area contributed by atoms with Gasteiger partial charge in [-0.15, -0.1) is 0 Å². The first kappa shape index (κ1) is 21.7. The molecule has 2 aliphatic rings. The summed E-state index contributed by atoms with van der Waals surface area (Å²) in [5, 5.41) is 0. The summed E-state index contributed by atoms with van der Waals surface area (Å²) in [6.07, 6.45) is 1.47. The van der Waals surface area contributed by atoms with Crippen LogP contribution in [0.4, 0.5) is 20.6 Å². The molecule has 0 saturated carbocycles. The van der Waals surface area contributed by atoms with Crippen molar-refractivity contribution in [3.63, 3.8) is 0 Å². The van der Waals surface area contributed by atoms with E-state index in [1.807, 2.05) is 4.90 Å². The van der Waals surface area contributed by atoms with Gasteiger partial charge in [0, 0.05) is 38.8 Å². The van der Waals surface area contributed by atoms with Crippen LogP contribution in [0, 0.1) is 5.82 Å². The number of ketones is 1. The highest BCUT2D eigenvalue weighted by Crippen LogP contribution is 2.29. The summed E-state index contributed by atoms with van der Waals surface area (Å²) < 4.78 is 20.2. The fourth-order valence-corrected chi connectivity index (χ4v) is 3.97. The number of halogens is 1. The van der Waals surface area contributed by atoms with Crippen molar-refractivity contribution in [2.75, 3.05) is 42.5 Å². The quantitative estimate of drug-likeness (QED) is 0.687. The van der Waals surface area contributed by atoms with Crippen LogP contribution in [0.2, 0.25) is 0 Å². The van der Waals surface area contributed by atoms with E-state index in [4.69, 9.17) is 4.74 Å². The van der Waals surface area contributed by atoms with E-state index in [-0.39, 0.29) is 17.8 Å². The maximum Gasteiger partial charge on any atom is 0.414 e. The molecule has 2 aliphatic heterocycles. The van der Waals surface area contributed by atoms with Crippen molar-refractivity contribution in [1.29, 1.82) is 0 Å². The third-order valence-electron chi connectivity index (χ3n) is 5.73. The van der Waals surface area contributed by atoms with Crippen LogP contribution in [-0.4, -0.2) is 66.5 Å². The Morgan fingerprint density at radius 2 is 1.94 bits per heavy atom. The lowest BCUT2D eigenvalue weighted by atomic mass is 10.1. The largest absolute Gasteiger partial charge is 0.444 e. The standard InChI is InChI=1S/C23H25FN4O4/c1-16(29)5-7-18-15-28(23(31)32-18)17-6-8-21(19(24)14-17)26-10-12-27(13-11-26)22(30)20-4-2-3-9-25-20/h2-4,6,8-9,14,18H,5,7,10-13,15H2,1H3/t18-/m0/s1. The van der Waals surface area contributed by atoms with Crippen LogP contribution in [0.1, 0.15) is 30.3 Å². The van der Waals surface area contributed by atoms with Gasteiger partial charge in [-0.3, -0.25) is 14.7 Å². The predicted octanol–water partition coefficient (Wildman–Crippen LogP) is 2.88. The van der Waals surface area contributed by atoms with Crippen LogP contribution in [0.25, 0.3) is 0 Å². The predicted molar refractivity (Wildman–Crippen MR) is 116 cm³/mol. The minimum Gasteiger partial charge on any atom is -0.444 e. The number of nitrogens with zero attached hydrogens (tertiary/aromatic N) is 4. The molecule has 3 heterocycles. The average molecular weight is 440 g/mol. The normalized spacial score (nSPS) is 18.6. The van der Waals surface area contributed by atoms with E-state index in [9.17, 15) is 18.8 Å². The van der Waals surface area contributed by atoms with Gasteiger partial charge in [0.05, 0.1) is 17.9 Å². The zero-order chi connectivity index (χ0) is 22.7. The Kier molecular flexibility index (Phi) is 6.34. The molecule has 1 atom stereocenters. The molecule has 2 aromatic rings. The molecule has 2 saturated heterocycles. The fraction of sp³-hybridized carbons (Fsp3) is 0.391. The average Bonchev–Trinajstić information content (AvgIpc) is 3.18. The molecule has 1 aromatic heterocycles. The van der Waals surface area contributed by atoms with Crippen molar-refractivity contribution in [3.05, 3.63) is 54.1 Å². The van der Waals surface area contributed by atoms with E-state index < -0.39 is 11.9 Å². The summed E-state index contributed by atoms with van der Waals surface area (Å²) in [6.45, 7) is 3.71. The number of carbonyl (C=O) groups is 3. The molecule has 168 valence electrons. The van der Waals surface area contributed by atoms with Crippen LogP contribution in [0.5, 0.6) is 0 Å². The van der Waals surface area contributed by atoms with E-state index in [1.165, 1.54) is 17.9 Å². The van der Waals surface area contributed by atoms with Gasteiger partial charge in [0.15, 0.2) is 0 Å². The van der Waals surface area contributed by atoms with Crippen LogP contribution in [0.15, 0.2) is 42.6 Å². The number of rotatable bonds is 6. The second-order valence-corrected chi connectivity index (χ2v) is 7.99. The molecule has 32 heavy (non-hydrogen) atoms. The maximum absolute atomic E-state index is 14.9. The Balaban J connectivity index is 1.37. The molecule has 2 amide bonds. The summed E-state index contributed by atoms with van der Waals surface area (Å²) >= 11 is 0. The molecular formula is C23H25FN4O4. The van der Waals surface area contributed by atoms with Crippen LogP contribution in [-0.2, 0) is 9.53 Å². The van der Waals surface area contributed by atoms with Gasteiger partial charge in [-0.05, 0) is 43.7 Å². The number of ether oxygens (including phenoxy) is 1. The first-order valence-corrected chi connectivity index (χ1v) is 10.6. The number of aromatic nitrogens is 1. The topological polar surface area (TPSA) is 83.1 Å². The number of pyridine rings is 1. The minimum atomic E-state index is -0.535. The first-order chi connectivity index (χ1) is 15.4. The molecule has 0 bridgehead atoms. The van der Waals surface area contributed by atoms with Gasteiger partial charge in [-0.2, -0.15) is 0 Å². The fourth-order valence-electron chi connectivity index (χ4n) is 3.97. The van der Waals surface area contributed by atoms with Gasteiger partial charge in [0.25, 0.3) is 5.91 Å². The van der Waals surface area contributed by atoms with Crippen molar-refractivity contribution >= 4 is 29.2 Å². The number of carbonyl (C=O) groups excluding carboxylic acids is 3. The van der Waals surface area contributed by atoms with Crippen LogP contribution in [0.3, 0.4) is 0 Å². The van der Waals surface area contributed by atoms with Crippen LogP contribution < -0.4 is 9.80 Å². The highest BCUT2D eigenvalue weighted by atomic mass is 19.1. The lowest BCUT2D eigenvalue weighted by molar-refractivity contribution is -0.117. The van der Waals surface area contributed by atoms with E-state index in [0.29, 0.717) is 62.6 Å².